The van der Waals surface area contributed by atoms with Crippen molar-refractivity contribution in [2.75, 3.05) is 4.90 Å². The molecule has 0 saturated carbocycles. The molecule has 4 aromatic rings. The van der Waals surface area contributed by atoms with Crippen molar-refractivity contribution in [1.82, 2.24) is 9.97 Å². The molecule has 0 N–H and O–H groups in total. The van der Waals surface area contributed by atoms with Gasteiger partial charge in [-0.25, -0.2) is 4.98 Å². The first-order chi connectivity index (χ1) is 14.0. The third-order valence-corrected chi connectivity index (χ3v) is 5.19. The number of aryl methyl sites for hydroxylation is 1. The fourth-order valence-corrected chi connectivity index (χ4v) is 3.87. The molecule has 5 rings (SSSR count). The molecular formula is C22H14ClN3O3. The van der Waals surface area contributed by atoms with E-state index in [2.05, 4.69) is 9.97 Å². The van der Waals surface area contributed by atoms with E-state index in [0.29, 0.717) is 27.4 Å². The topological polar surface area (TPSA) is 76.3 Å². The van der Waals surface area contributed by atoms with Crippen LogP contribution >= 0.6 is 11.6 Å². The van der Waals surface area contributed by atoms with E-state index in [-0.39, 0.29) is 16.8 Å². The number of amides is 1. The minimum Gasteiger partial charge on any atom is -0.450 e. The van der Waals surface area contributed by atoms with Crippen LogP contribution in [-0.4, -0.2) is 15.9 Å². The predicted octanol–water partition coefficient (Wildman–Crippen LogP) is 4.29. The van der Waals surface area contributed by atoms with E-state index in [4.69, 9.17) is 16.0 Å². The fraction of sp³-hybridized carbons (Fsp3) is 0.0909. The number of hydrogen-bond acceptors (Lipinski definition) is 5. The van der Waals surface area contributed by atoms with Gasteiger partial charge in [-0.3, -0.25) is 19.5 Å². The number of rotatable bonds is 2. The summed E-state index contributed by atoms with van der Waals surface area (Å²) in [7, 11) is 0. The molecule has 1 amide bonds. The Morgan fingerprint density at radius 2 is 1.97 bits per heavy atom. The van der Waals surface area contributed by atoms with Crippen molar-refractivity contribution in [2.45, 2.75) is 13.0 Å². The van der Waals surface area contributed by atoms with Crippen molar-refractivity contribution in [3.63, 3.8) is 0 Å². The smallest absolute Gasteiger partial charge is 0.296 e. The monoisotopic (exact) mass is 403 g/mol. The minimum absolute atomic E-state index is 0.0157. The zero-order valence-corrected chi connectivity index (χ0v) is 16.1. The van der Waals surface area contributed by atoms with Crippen molar-refractivity contribution in [3.8, 4) is 0 Å². The highest BCUT2D eigenvalue weighted by molar-refractivity contribution is 6.31. The number of benzene rings is 1. The summed E-state index contributed by atoms with van der Waals surface area (Å²) in [5.41, 5.74) is 1.74. The van der Waals surface area contributed by atoms with Gasteiger partial charge in [-0.1, -0.05) is 23.7 Å². The number of carbonyl (C=O) groups is 1. The van der Waals surface area contributed by atoms with Gasteiger partial charge in [-0.2, -0.15) is 0 Å². The van der Waals surface area contributed by atoms with E-state index < -0.39 is 11.9 Å². The van der Waals surface area contributed by atoms with E-state index in [1.165, 1.54) is 4.90 Å². The SMILES string of the molecule is Cc1cccc(N2C(=O)c3oc4ccc(Cl)cc4c(=O)c3[C@@H]2c2cccnc2)n1. The molecule has 1 atom stereocenters. The molecule has 1 aromatic carbocycles. The molecule has 0 aliphatic carbocycles. The molecule has 1 aliphatic rings. The third kappa shape index (κ3) is 2.72. The second-order valence-corrected chi connectivity index (χ2v) is 7.25. The third-order valence-electron chi connectivity index (χ3n) is 4.95. The van der Waals surface area contributed by atoms with Gasteiger partial charge in [-0.05, 0) is 48.9 Å². The first-order valence-electron chi connectivity index (χ1n) is 8.98. The predicted molar refractivity (Wildman–Crippen MR) is 109 cm³/mol. The molecule has 0 bridgehead atoms. The lowest BCUT2D eigenvalue weighted by Gasteiger charge is -2.24. The zero-order valence-electron chi connectivity index (χ0n) is 15.3. The molecule has 0 fully saturated rings. The second kappa shape index (κ2) is 6.53. The van der Waals surface area contributed by atoms with E-state index in [9.17, 15) is 9.59 Å². The lowest BCUT2D eigenvalue weighted by Crippen LogP contribution is -2.30. The van der Waals surface area contributed by atoms with E-state index in [1.807, 2.05) is 25.1 Å². The van der Waals surface area contributed by atoms with Crippen LogP contribution in [0.1, 0.15) is 33.4 Å². The number of hydrogen-bond donors (Lipinski definition) is 0. The highest BCUT2D eigenvalue weighted by atomic mass is 35.5. The van der Waals surface area contributed by atoms with Crippen LogP contribution in [0.5, 0.6) is 0 Å². The lowest BCUT2D eigenvalue weighted by atomic mass is 10.00. The highest BCUT2D eigenvalue weighted by Gasteiger charge is 2.44. The van der Waals surface area contributed by atoms with Gasteiger partial charge in [0.05, 0.1) is 17.0 Å². The summed E-state index contributed by atoms with van der Waals surface area (Å²) in [5, 5.41) is 0.751. The molecule has 6 nitrogen and oxygen atoms in total. The second-order valence-electron chi connectivity index (χ2n) is 6.82. The molecule has 142 valence electrons. The van der Waals surface area contributed by atoms with Gasteiger partial charge in [0.15, 0.2) is 5.43 Å². The fourth-order valence-electron chi connectivity index (χ4n) is 3.70. The van der Waals surface area contributed by atoms with Crippen LogP contribution in [0.4, 0.5) is 5.82 Å². The Bertz CT molecular complexity index is 1330. The summed E-state index contributed by atoms with van der Waals surface area (Å²) in [4.78, 5) is 36.9. The van der Waals surface area contributed by atoms with Gasteiger partial charge in [0.1, 0.15) is 11.4 Å². The lowest BCUT2D eigenvalue weighted by molar-refractivity contribution is 0.0970. The average Bonchev–Trinajstić information content (AvgIpc) is 3.02. The Morgan fingerprint density at radius 3 is 2.72 bits per heavy atom. The maximum Gasteiger partial charge on any atom is 0.296 e. The van der Waals surface area contributed by atoms with Crippen molar-refractivity contribution >= 4 is 34.3 Å². The molecule has 4 heterocycles. The van der Waals surface area contributed by atoms with Crippen LogP contribution in [0.2, 0.25) is 5.02 Å². The maximum atomic E-state index is 13.4. The molecule has 3 aromatic heterocycles. The number of pyridine rings is 2. The quantitative estimate of drug-likeness (QED) is 0.499. The van der Waals surface area contributed by atoms with Gasteiger partial charge >= 0.3 is 0 Å². The summed E-state index contributed by atoms with van der Waals surface area (Å²) in [6.45, 7) is 1.84. The summed E-state index contributed by atoms with van der Waals surface area (Å²) < 4.78 is 5.89. The molecule has 29 heavy (non-hydrogen) atoms. The average molecular weight is 404 g/mol. The first kappa shape index (κ1) is 17.6. The molecule has 0 saturated heterocycles. The summed E-state index contributed by atoms with van der Waals surface area (Å²) in [5.74, 6) is 0.0413. The Balaban J connectivity index is 1.84. The molecule has 7 heteroatoms. The number of fused-ring (bicyclic) bond motifs is 2. The molecule has 0 spiro atoms. The Morgan fingerprint density at radius 1 is 1.10 bits per heavy atom. The molecular weight excluding hydrogens is 390 g/mol. The zero-order chi connectivity index (χ0) is 20.1. The van der Waals surface area contributed by atoms with Gasteiger partial charge < -0.3 is 4.42 Å². The van der Waals surface area contributed by atoms with Crippen LogP contribution < -0.4 is 10.3 Å². The molecule has 1 aliphatic heterocycles. The van der Waals surface area contributed by atoms with Gasteiger partial charge in [0.2, 0.25) is 5.76 Å². The first-order valence-corrected chi connectivity index (χ1v) is 9.36. The van der Waals surface area contributed by atoms with Gasteiger partial charge in [-0.15, -0.1) is 0 Å². The van der Waals surface area contributed by atoms with Crippen LogP contribution in [0, 0.1) is 6.92 Å². The van der Waals surface area contributed by atoms with Crippen molar-refractivity contribution in [2.24, 2.45) is 0 Å². The summed E-state index contributed by atoms with van der Waals surface area (Å²) in [6, 6.07) is 13.1. The highest BCUT2D eigenvalue weighted by Crippen LogP contribution is 2.40. The summed E-state index contributed by atoms with van der Waals surface area (Å²) in [6.07, 6.45) is 3.27. The normalized spacial score (nSPS) is 15.7. The largest absolute Gasteiger partial charge is 0.450 e. The summed E-state index contributed by atoms with van der Waals surface area (Å²) >= 11 is 6.09. The van der Waals surface area contributed by atoms with Gasteiger partial charge in [0, 0.05) is 23.1 Å². The van der Waals surface area contributed by atoms with E-state index >= 15 is 0 Å². The van der Waals surface area contributed by atoms with Crippen molar-refractivity contribution in [3.05, 3.63) is 98.8 Å². The number of halogens is 1. The van der Waals surface area contributed by atoms with E-state index in [1.54, 1.807) is 42.7 Å². The number of nitrogens with zero attached hydrogens (tertiary/aromatic N) is 3. The standard InChI is InChI=1S/C22H14ClN3O3/c1-12-4-2-6-17(25-12)26-19(13-5-3-9-24-11-13)18-20(27)15-10-14(23)7-8-16(15)29-21(18)22(26)28/h2-11,19H,1H3/t19-/m0/s1. The number of anilines is 1. The van der Waals surface area contributed by atoms with Crippen LogP contribution in [0.25, 0.3) is 11.0 Å². The number of aromatic nitrogens is 2. The Hall–Kier alpha value is -3.51. The van der Waals surface area contributed by atoms with Crippen molar-refractivity contribution < 1.29 is 9.21 Å². The minimum atomic E-state index is -0.694. The Labute approximate surface area is 170 Å². The molecule has 0 unspecified atom stereocenters. The Kier molecular flexibility index (Phi) is 3.96. The van der Waals surface area contributed by atoms with Crippen LogP contribution in [0.15, 0.2) is 70.1 Å². The molecule has 0 radical (unpaired) electrons. The number of carbonyl (C=O) groups excluding carboxylic acids is 1. The van der Waals surface area contributed by atoms with Crippen molar-refractivity contribution in [1.29, 1.82) is 0 Å². The van der Waals surface area contributed by atoms with Gasteiger partial charge in [0.25, 0.3) is 5.91 Å². The maximum absolute atomic E-state index is 13.4. The van der Waals surface area contributed by atoms with E-state index in [0.717, 1.165) is 5.69 Å². The van der Waals surface area contributed by atoms with Crippen LogP contribution in [0.3, 0.4) is 0 Å². The van der Waals surface area contributed by atoms with Crippen LogP contribution in [-0.2, 0) is 0 Å².